The summed E-state index contributed by atoms with van der Waals surface area (Å²) >= 11 is 0. The molecule has 10 nitrogen and oxygen atoms in total. The number of ether oxygens (including phenoxy) is 6. The zero-order valence-electron chi connectivity index (χ0n) is 40.0. The van der Waals surface area contributed by atoms with Gasteiger partial charge in [-0.25, -0.2) is 19.2 Å². The Kier molecular flexibility index (Phi) is 24.1. The number of carbonyl (C=O) groups excluding carboxylic acids is 4. The number of esters is 4. The van der Waals surface area contributed by atoms with E-state index in [1.165, 1.54) is 50.7 Å². The lowest BCUT2D eigenvalue weighted by molar-refractivity contribution is -0.138. The molecule has 0 heterocycles. The molecule has 1 aliphatic carbocycles. The smallest absolute Gasteiger partial charge is 0.338 e. The third-order valence-electron chi connectivity index (χ3n) is 12.2. The molecule has 2 atom stereocenters. The molecule has 1 aliphatic rings. The molecule has 68 heavy (non-hydrogen) atoms. The molecule has 364 valence electrons. The summed E-state index contributed by atoms with van der Waals surface area (Å²) < 4.78 is 33.9. The highest BCUT2D eigenvalue weighted by molar-refractivity contribution is 5.91. The van der Waals surface area contributed by atoms with Crippen molar-refractivity contribution in [2.24, 2.45) is 0 Å². The predicted octanol–water partition coefficient (Wildman–Crippen LogP) is 13.8. The van der Waals surface area contributed by atoms with E-state index in [9.17, 15) is 19.2 Å². The Morgan fingerprint density at radius 1 is 0.397 bits per heavy atom. The molecule has 0 saturated heterocycles. The summed E-state index contributed by atoms with van der Waals surface area (Å²) in [6.45, 7) is 9.10. The first kappa shape index (κ1) is 52.8. The Hall–Kier alpha value is -6.16. The number of benzene rings is 4. The lowest BCUT2D eigenvalue weighted by atomic mass is 9.94. The minimum Gasteiger partial charge on any atom is -0.494 e. The van der Waals surface area contributed by atoms with E-state index in [4.69, 9.17) is 28.4 Å². The van der Waals surface area contributed by atoms with Crippen LogP contribution in [0.2, 0.25) is 0 Å². The van der Waals surface area contributed by atoms with Crippen molar-refractivity contribution in [2.75, 3.05) is 26.4 Å². The van der Waals surface area contributed by atoms with Gasteiger partial charge in [0.25, 0.3) is 0 Å². The Bertz CT molecular complexity index is 1960. The lowest BCUT2D eigenvalue weighted by Crippen LogP contribution is -2.37. The van der Waals surface area contributed by atoms with Crippen LogP contribution in [0, 0.1) is 0 Å². The van der Waals surface area contributed by atoms with Crippen LogP contribution in [0.3, 0.4) is 0 Å². The molecule has 0 unspecified atom stereocenters. The fraction of sp³-hybridized carbons (Fsp3) is 0.448. The second kappa shape index (κ2) is 31.0. The van der Waals surface area contributed by atoms with E-state index >= 15 is 0 Å². The Labute approximate surface area is 404 Å². The second-order valence-corrected chi connectivity index (χ2v) is 17.5. The summed E-state index contributed by atoms with van der Waals surface area (Å²) in [4.78, 5) is 48.8. The fourth-order valence-corrected chi connectivity index (χ4v) is 8.20. The van der Waals surface area contributed by atoms with Crippen molar-refractivity contribution >= 4 is 23.9 Å². The van der Waals surface area contributed by atoms with Crippen molar-refractivity contribution < 1.29 is 47.6 Å². The van der Waals surface area contributed by atoms with Crippen LogP contribution in [0.5, 0.6) is 11.5 Å². The molecule has 4 aromatic rings. The number of hydrogen-bond donors (Lipinski definition) is 0. The average Bonchev–Trinajstić information content (AvgIpc) is 3.37. The number of hydrogen-bond acceptors (Lipinski definition) is 10. The molecule has 0 aliphatic heterocycles. The van der Waals surface area contributed by atoms with Gasteiger partial charge >= 0.3 is 23.9 Å². The minimum absolute atomic E-state index is 0.352. The van der Waals surface area contributed by atoms with Crippen LogP contribution in [0.1, 0.15) is 149 Å². The Morgan fingerprint density at radius 3 is 0.985 bits per heavy atom. The van der Waals surface area contributed by atoms with Gasteiger partial charge in [0.1, 0.15) is 23.7 Å². The summed E-state index contributed by atoms with van der Waals surface area (Å²) in [6.07, 6.45) is 22.1. The van der Waals surface area contributed by atoms with Crippen molar-refractivity contribution in [3.8, 4) is 33.8 Å². The SMILES string of the molecule is C=CC(=O)OCCCCCCCCCCOc1ccc(-c2ccc(C(=O)O[C@@H]3CCCC[C@H]3OC(=O)c3ccc(-c4ccc(OCCCCCCCCCCOC(=O)C=C)cc4)cc3)cc2)cc1. The zero-order chi connectivity index (χ0) is 48.0. The molecule has 0 radical (unpaired) electrons. The average molecular weight is 929 g/mol. The third kappa shape index (κ3) is 19.6. The highest BCUT2D eigenvalue weighted by atomic mass is 16.6. The summed E-state index contributed by atoms with van der Waals surface area (Å²) in [5, 5.41) is 0. The summed E-state index contributed by atoms with van der Waals surface area (Å²) in [7, 11) is 0. The van der Waals surface area contributed by atoms with E-state index in [1.54, 1.807) is 24.3 Å². The highest BCUT2D eigenvalue weighted by Crippen LogP contribution is 2.29. The van der Waals surface area contributed by atoms with Crippen LogP contribution in [-0.4, -0.2) is 62.5 Å². The molecule has 10 heteroatoms. The van der Waals surface area contributed by atoms with Crippen molar-refractivity contribution in [3.05, 3.63) is 133 Å². The first-order valence-corrected chi connectivity index (χ1v) is 25.0. The predicted molar refractivity (Wildman–Crippen MR) is 268 cm³/mol. The van der Waals surface area contributed by atoms with Crippen LogP contribution < -0.4 is 9.47 Å². The lowest BCUT2D eigenvalue weighted by Gasteiger charge is -2.30. The normalized spacial score (nSPS) is 14.3. The molecule has 5 rings (SSSR count). The first-order valence-electron chi connectivity index (χ1n) is 25.0. The fourth-order valence-electron chi connectivity index (χ4n) is 8.20. The number of carbonyl (C=O) groups is 4. The summed E-state index contributed by atoms with van der Waals surface area (Å²) in [5.41, 5.74) is 4.90. The number of unbranched alkanes of at least 4 members (excludes halogenated alkanes) is 14. The highest BCUT2D eigenvalue weighted by Gasteiger charge is 2.32. The molecule has 0 amide bonds. The van der Waals surface area contributed by atoms with Gasteiger partial charge in [0.05, 0.1) is 37.6 Å². The van der Waals surface area contributed by atoms with Crippen LogP contribution >= 0.6 is 0 Å². The standard InChI is InChI=1S/C58H72O10/c1-3-55(59)65-43-21-15-11-7-5-9-13-19-41-63-51-37-33-47(34-38-51)45-25-29-49(30-26-45)57(61)67-53-23-17-18-24-54(53)68-58(62)50-31-27-46(28-32-50)48-35-39-52(40-36-48)64-42-20-14-10-6-8-12-16-22-44-66-56(60)4-2/h3-4,25-40,53-54H,1-2,5-24,41-44H2/t53-,54-/m1/s1. The maximum absolute atomic E-state index is 13.3. The zero-order valence-corrected chi connectivity index (χ0v) is 40.0. The Balaban J connectivity index is 0.955. The van der Waals surface area contributed by atoms with E-state index in [1.807, 2.05) is 72.8 Å². The van der Waals surface area contributed by atoms with Gasteiger partial charge in [0.2, 0.25) is 0 Å². The topological polar surface area (TPSA) is 124 Å². The van der Waals surface area contributed by atoms with Gasteiger partial charge in [-0.2, -0.15) is 0 Å². The minimum atomic E-state index is -0.518. The molecule has 0 bridgehead atoms. The Morgan fingerprint density at radius 2 is 0.676 bits per heavy atom. The van der Waals surface area contributed by atoms with Crippen molar-refractivity contribution in [3.63, 3.8) is 0 Å². The molecule has 0 N–H and O–H groups in total. The molecular weight excluding hydrogens is 857 g/mol. The van der Waals surface area contributed by atoms with Crippen LogP contribution in [0.25, 0.3) is 22.3 Å². The van der Waals surface area contributed by atoms with Crippen molar-refractivity contribution in [1.82, 2.24) is 0 Å². The van der Waals surface area contributed by atoms with Gasteiger partial charge in [0, 0.05) is 12.2 Å². The van der Waals surface area contributed by atoms with Gasteiger partial charge in [-0.05, 0) is 122 Å². The number of rotatable bonds is 32. The van der Waals surface area contributed by atoms with Gasteiger partial charge in [0.15, 0.2) is 0 Å². The van der Waals surface area contributed by atoms with Crippen molar-refractivity contribution in [2.45, 2.75) is 141 Å². The molecular formula is C58H72O10. The van der Waals surface area contributed by atoms with Gasteiger partial charge in [-0.15, -0.1) is 0 Å². The first-order chi connectivity index (χ1) is 33.3. The monoisotopic (exact) mass is 929 g/mol. The van der Waals surface area contributed by atoms with Crippen LogP contribution in [0.4, 0.5) is 0 Å². The quantitative estimate of drug-likeness (QED) is 0.0202. The largest absolute Gasteiger partial charge is 0.494 e. The van der Waals surface area contributed by atoms with E-state index in [0.717, 1.165) is 111 Å². The maximum atomic E-state index is 13.3. The third-order valence-corrected chi connectivity index (χ3v) is 12.2. The second-order valence-electron chi connectivity index (χ2n) is 17.5. The van der Waals surface area contributed by atoms with E-state index in [2.05, 4.69) is 13.2 Å². The van der Waals surface area contributed by atoms with Gasteiger partial charge < -0.3 is 28.4 Å². The van der Waals surface area contributed by atoms with Crippen LogP contribution in [-0.2, 0) is 28.5 Å². The van der Waals surface area contributed by atoms with E-state index in [0.29, 0.717) is 50.4 Å². The molecule has 0 spiro atoms. The van der Waals surface area contributed by atoms with Gasteiger partial charge in [-0.1, -0.05) is 139 Å². The molecule has 0 aromatic heterocycles. The molecule has 1 fully saturated rings. The molecule has 1 saturated carbocycles. The van der Waals surface area contributed by atoms with E-state index in [-0.39, 0.29) is 11.9 Å². The van der Waals surface area contributed by atoms with Gasteiger partial charge in [-0.3, -0.25) is 0 Å². The summed E-state index contributed by atoms with van der Waals surface area (Å²) in [5.74, 6) is 0.101. The summed E-state index contributed by atoms with van der Waals surface area (Å²) in [6, 6.07) is 30.8. The molecule has 4 aromatic carbocycles. The van der Waals surface area contributed by atoms with E-state index < -0.39 is 24.1 Å². The van der Waals surface area contributed by atoms with Crippen molar-refractivity contribution in [1.29, 1.82) is 0 Å². The van der Waals surface area contributed by atoms with Crippen LogP contribution in [0.15, 0.2) is 122 Å². The maximum Gasteiger partial charge on any atom is 0.338 e.